The third-order valence-corrected chi connectivity index (χ3v) is 7.35. The standard InChI is InChI=1S/C24H28N4O2S/c1-3-27-9-11-28(12-10-27)24-26-22-16(2)14-17(15-21(22)31-24)23(29)25-19-8-13-30-20-7-5-4-6-18(19)20/h4-7,14-15,19H,3,8-13H2,1-2H3,(H,25,29)/t19-/m0/s1. The van der Waals surface area contributed by atoms with Gasteiger partial charge in [-0.25, -0.2) is 4.98 Å². The number of para-hydroxylation sites is 1. The molecule has 2 aromatic carbocycles. The summed E-state index contributed by atoms with van der Waals surface area (Å²) in [4.78, 5) is 22.9. The number of likely N-dealkylation sites (N-methyl/N-ethyl adjacent to an activating group) is 1. The van der Waals surface area contributed by atoms with E-state index in [4.69, 9.17) is 9.72 Å². The molecular formula is C24H28N4O2S. The van der Waals surface area contributed by atoms with Crippen LogP contribution in [0.4, 0.5) is 5.13 Å². The van der Waals surface area contributed by atoms with Crippen LogP contribution in [0.3, 0.4) is 0 Å². The Morgan fingerprint density at radius 1 is 1.23 bits per heavy atom. The fraction of sp³-hybridized carbons (Fsp3) is 0.417. The number of nitrogens with zero attached hydrogens (tertiary/aromatic N) is 3. The highest BCUT2D eigenvalue weighted by Crippen LogP contribution is 2.34. The zero-order chi connectivity index (χ0) is 21.4. The lowest BCUT2D eigenvalue weighted by molar-refractivity contribution is 0.0925. The fourth-order valence-corrected chi connectivity index (χ4v) is 5.57. The van der Waals surface area contributed by atoms with Gasteiger partial charge in [-0.3, -0.25) is 4.79 Å². The number of ether oxygens (including phenoxy) is 1. The number of aromatic nitrogens is 1. The maximum absolute atomic E-state index is 13.1. The van der Waals surface area contributed by atoms with Gasteiger partial charge in [0.25, 0.3) is 5.91 Å². The number of piperazine rings is 1. The summed E-state index contributed by atoms with van der Waals surface area (Å²) < 4.78 is 6.80. The first-order chi connectivity index (χ1) is 15.1. The lowest BCUT2D eigenvalue weighted by atomic mass is 10.00. The molecule has 3 aromatic rings. The van der Waals surface area contributed by atoms with Crippen LogP contribution in [0.5, 0.6) is 5.75 Å². The van der Waals surface area contributed by atoms with Gasteiger partial charge in [-0.1, -0.05) is 36.5 Å². The number of thiazole rings is 1. The number of nitrogens with one attached hydrogen (secondary N) is 1. The molecule has 162 valence electrons. The van der Waals surface area contributed by atoms with Gasteiger partial charge in [-0.15, -0.1) is 0 Å². The highest BCUT2D eigenvalue weighted by Gasteiger charge is 2.24. The van der Waals surface area contributed by atoms with Crippen LogP contribution in [0.1, 0.15) is 40.9 Å². The highest BCUT2D eigenvalue weighted by atomic mass is 32.1. The molecule has 2 aliphatic heterocycles. The van der Waals surface area contributed by atoms with E-state index in [9.17, 15) is 4.79 Å². The van der Waals surface area contributed by atoms with E-state index >= 15 is 0 Å². The predicted molar refractivity (Wildman–Crippen MR) is 125 cm³/mol. The molecule has 1 amide bonds. The summed E-state index contributed by atoms with van der Waals surface area (Å²) in [5.41, 5.74) is 3.79. The minimum Gasteiger partial charge on any atom is -0.493 e. The van der Waals surface area contributed by atoms with Crippen molar-refractivity contribution in [3.8, 4) is 5.75 Å². The Morgan fingerprint density at radius 2 is 2.03 bits per heavy atom. The quantitative estimate of drug-likeness (QED) is 0.670. The molecule has 1 aromatic heterocycles. The Hall–Kier alpha value is -2.64. The molecule has 5 rings (SSSR count). The van der Waals surface area contributed by atoms with Gasteiger partial charge in [0, 0.05) is 43.7 Å². The first-order valence-corrected chi connectivity index (χ1v) is 11.8. The lowest BCUT2D eigenvalue weighted by Gasteiger charge is -2.33. The number of benzene rings is 2. The van der Waals surface area contributed by atoms with Crippen LogP contribution in [0, 0.1) is 6.92 Å². The number of carbonyl (C=O) groups excluding carboxylic acids is 1. The van der Waals surface area contributed by atoms with E-state index in [0.29, 0.717) is 12.2 Å². The van der Waals surface area contributed by atoms with Crippen LogP contribution in [0.2, 0.25) is 0 Å². The number of hydrogen-bond donors (Lipinski definition) is 1. The molecule has 1 saturated heterocycles. The Labute approximate surface area is 186 Å². The number of amides is 1. The van der Waals surface area contributed by atoms with E-state index < -0.39 is 0 Å². The average molecular weight is 437 g/mol. The van der Waals surface area contributed by atoms with Crippen LogP contribution in [-0.2, 0) is 0 Å². The summed E-state index contributed by atoms with van der Waals surface area (Å²) in [7, 11) is 0. The summed E-state index contributed by atoms with van der Waals surface area (Å²) in [6.45, 7) is 10.1. The van der Waals surface area contributed by atoms with Crippen molar-refractivity contribution < 1.29 is 9.53 Å². The number of carbonyl (C=O) groups is 1. The van der Waals surface area contributed by atoms with Gasteiger partial charge in [0.15, 0.2) is 5.13 Å². The lowest BCUT2D eigenvalue weighted by Crippen LogP contribution is -2.46. The van der Waals surface area contributed by atoms with Crippen molar-refractivity contribution in [3.63, 3.8) is 0 Å². The van der Waals surface area contributed by atoms with E-state index in [1.165, 1.54) is 0 Å². The van der Waals surface area contributed by atoms with E-state index in [1.54, 1.807) is 11.3 Å². The number of anilines is 1. The average Bonchev–Trinajstić information content (AvgIpc) is 3.24. The van der Waals surface area contributed by atoms with E-state index in [0.717, 1.165) is 71.4 Å². The molecule has 0 aliphatic carbocycles. The van der Waals surface area contributed by atoms with Gasteiger partial charge >= 0.3 is 0 Å². The molecule has 31 heavy (non-hydrogen) atoms. The van der Waals surface area contributed by atoms with E-state index in [2.05, 4.69) is 22.0 Å². The maximum Gasteiger partial charge on any atom is 0.251 e. The molecule has 1 fully saturated rings. The summed E-state index contributed by atoms with van der Waals surface area (Å²) in [6.07, 6.45) is 0.776. The molecule has 0 spiro atoms. The number of fused-ring (bicyclic) bond motifs is 2. The van der Waals surface area contributed by atoms with Crippen LogP contribution in [-0.4, -0.2) is 55.1 Å². The smallest absolute Gasteiger partial charge is 0.251 e. The Balaban J connectivity index is 1.37. The number of hydrogen-bond acceptors (Lipinski definition) is 6. The molecule has 2 aliphatic rings. The fourth-order valence-electron chi connectivity index (χ4n) is 4.44. The van der Waals surface area contributed by atoms with Crippen molar-refractivity contribution in [2.45, 2.75) is 26.3 Å². The molecular weight excluding hydrogens is 408 g/mol. The molecule has 0 radical (unpaired) electrons. The summed E-state index contributed by atoms with van der Waals surface area (Å²) in [6, 6.07) is 11.9. The van der Waals surface area contributed by atoms with Crippen molar-refractivity contribution in [2.75, 3.05) is 44.2 Å². The third kappa shape index (κ3) is 4.00. The molecule has 6 nitrogen and oxygen atoms in total. The zero-order valence-electron chi connectivity index (χ0n) is 18.1. The van der Waals surface area contributed by atoms with Crippen LogP contribution >= 0.6 is 11.3 Å². The molecule has 0 bridgehead atoms. The molecule has 3 heterocycles. The second-order valence-corrected chi connectivity index (χ2v) is 9.27. The summed E-state index contributed by atoms with van der Waals surface area (Å²) in [5.74, 6) is 0.819. The molecule has 0 saturated carbocycles. The molecule has 7 heteroatoms. The van der Waals surface area contributed by atoms with E-state index in [1.807, 2.05) is 43.3 Å². The third-order valence-electron chi connectivity index (χ3n) is 6.29. The summed E-state index contributed by atoms with van der Waals surface area (Å²) >= 11 is 1.69. The Kier molecular flexibility index (Phi) is 5.54. The van der Waals surface area contributed by atoms with Crippen LogP contribution in [0.25, 0.3) is 10.2 Å². The Bertz CT molecular complexity index is 1100. The van der Waals surface area contributed by atoms with E-state index in [-0.39, 0.29) is 11.9 Å². The summed E-state index contributed by atoms with van der Waals surface area (Å²) in [5, 5.41) is 4.27. The minimum absolute atomic E-state index is 0.0275. The first-order valence-electron chi connectivity index (χ1n) is 11.0. The topological polar surface area (TPSA) is 57.7 Å². The van der Waals surface area contributed by atoms with Gasteiger partial charge < -0.3 is 19.9 Å². The van der Waals surface area contributed by atoms with Crippen molar-refractivity contribution in [1.29, 1.82) is 0 Å². The number of aryl methyl sites for hydroxylation is 1. The van der Waals surface area contributed by atoms with Gasteiger partial charge in [0.1, 0.15) is 5.75 Å². The van der Waals surface area contributed by atoms with Gasteiger partial charge in [-0.2, -0.15) is 0 Å². The van der Waals surface area contributed by atoms with Gasteiger partial charge in [-0.05, 0) is 37.2 Å². The van der Waals surface area contributed by atoms with Crippen LogP contribution < -0.4 is 15.0 Å². The zero-order valence-corrected chi connectivity index (χ0v) is 18.9. The highest BCUT2D eigenvalue weighted by molar-refractivity contribution is 7.22. The second-order valence-electron chi connectivity index (χ2n) is 8.26. The number of rotatable bonds is 4. The first kappa shape index (κ1) is 20.3. The normalized spacial score (nSPS) is 19.2. The molecule has 0 unspecified atom stereocenters. The van der Waals surface area contributed by atoms with Crippen molar-refractivity contribution >= 4 is 32.6 Å². The van der Waals surface area contributed by atoms with Crippen molar-refractivity contribution in [2.24, 2.45) is 0 Å². The second kappa shape index (κ2) is 8.48. The van der Waals surface area contributed by atoms with Gasteiger partial charge in [0.2, 0.25) is 0 Å². The van der Waals surface area contributed by atoms with Crippen molar-refractivity contribution in [1.82, 2.24) is 15.2 Å². The minimum atomic E-state index is -0.0433. The SMILES string of the molecule is CCN1CCN(c2nc3c(C)cc(C(=O)N[C@H]4CCOc5ccccc54)cc3s2)CC1. The maximum atomic E-state index is 13.1. The monoisotopic (exact) mass is 436 g/mol. The Morgan fingerprint density at radius 3 is 2.84 bits per heavy atom. The largest absolute Gasteiger partial charge is 0.493 e. The van der Waals surface area contributed by atoms with Gasteiger partial charge in [0.05, 0.1) is 22.9 Å². The molecule has 1 N–H and O–H groups in total. The molecule has 1 atom stereocenters. The predicted octanol–water partition coefficient (Wildman–Crippen LogP) is 4.00. The van der Waals surface area contributed by atoms with Crippen LogP contribution in [0.15, 0.2) is 36.4 Å². The van der Waals surface area contributed by atoms with Crippen molar-refractivity contribution in [3.05, 3.63) is 53.1 Å².